The van der Waals surface area contributed by atoms with Crippen LogP contribution in [0.2, 0.25) is 0 Å². The Morgan fingerprint density at radius 3 is 2.67 bits per heavy atom. The highest BCUT2D eigenvalue weighted by molar-refractivity contribution is 9.10. The molecule has 0 fully saturated rings. The van der Waals surface area contributed by atoms with E-state index in [1.807, 2.05) is 48.5 Å². The molecule has 3 rings (SSSR count). The van der Waals surface area contributed by atoms with Gasteiger partial charge in [-0.15, -0.1) is 0 Å². The van der Waals surface area contributed by atoms with Crippen molar-refractivity contribution in [3.8, 4) is 17.0 Å². The number of carbonyl (C=O) groups excluding carboxylic acids is 1. The lowest BCUT2D eigenvalue weighted by Gasteiger charge is -2.04. The maximum atomic E-state index is 12.2. The van der Waals surface area contributed by atoms with Gasteiger partial charge in [-0.2, -0.15) is 10.2 Å². The van der Waals surface area contributed by atoms with Crippen LogP contribution >= 0.6 is 15.9 Å². The summed E-state index contributed by atoms with van der Waals surface area (Å²) in [6, 6.07) is 16.9. The number of hydrogen-bond donors (Lipinski definition) is 2. The molecule has 27 heavy (non-hydrogen) atoms. The fourth-order valence-corrected chi connectivity index (χ4v) is 2.57. The Kier molecular flexibility index (Phi) is 6.38. The van der Waals surface area contributed by atoms with E-state index in [4.69, 9.17) is 4.74 Å². The summed E-state index contributed by atoms with van der Waals surface area (Å²) in [6.45, 7) is 2.75. The molecule has 0 unspecified atom stereocenters. The monoisotopic (exact) mass is 426 g/mol. The predicted octanol–water partition coefficient (Wildman–Crippen LogP) is 4.39. The summed E-state index contributed by atoms with van der Waals surface area (Å²) in [5.41, 5.74) is 5.28. The van der Waals surface area contributed by atoms with Gasteiger partial charge in [0, 0.05) is 10.0 Å². The third kappa shape index (κ3) is 5.27. The molecule has 3 aromatic rings. The molecule has 0 atom stereocenters. The number of amides is 1. The van der Waals surface area contributed by atoms with Crippen LogP contribution in [0.3, 0.4) is 0 Å². The number of rotatable bonds is 7. The quantitative estimate of drug-likeness (QED) is 0.434. The second kappa shape index (κ2) is 9.14. The van der Waals surface area contributed by atoms with Crippen LogP contribution < -0.4 is 10.2 Å². The third-order valence-electron chi connectivity index (χ3n) is 3.70. The first kappa shape index (κ1) is 18.8. The number of aromatic amines is 1. The number of nitrogens with zero attached hydrogens (tertiary/aromatic N) is 2. The Bertz CT molecular complexity index is 918. The van der Waals surface area contributed by atoms with Gasteiger partial charge >= 0.3 is 0 Å². The van der Waals surface area contributed by atoms with E-state index in [9.17, 15) is 4.79 Å². The van der Waals surface area contributed by atoms with Crippen LogP contribution in [0.25, 0.3) is 11.3 Å². The molecule has 1 aromatic heterocycles. The molecule has 2 N–H and O–H groups in total. The molecule has 1 heterocycles. The van der Waals surface area contributed by atoms with Gasteiger partial charge in [0.1, 0.15) is 11.4 Å². The molecule has 0 saturated carbocycles. The van der Waals surface area contributed by atoms with Crippen LogP contribution in [0.15, 0.2) is 64.2 Å². The Morgan fingerprint density at radius 2 is 1.96 bits per heavy atom. The summed E-state index contributed by atoms with van der Waals surface area (Å²) in [6.07, 6.45) is 2.54. The predicted molar refractivity (Wildman–Crippen MR) is 109 cm³/mol. The van der Waals surface area contributed by atoms with Gasteiger partial charge < -0.3 is 4.74 Å². The summed E-state index contributed by atoms with van der Waals surface area (Å²) in [5.74, 6) is 0.460. The first-order valence-corrected chi connectivity index (χ1v) is 9.32. The highest BCUT2D eigenvalue weighted by atomic mass is 79.9. The van der Waals surface area contributed by atoms with Crippen molar-refractivity contribution >= 4 is 28.1 Å². The van der Waals surface area contributed by atoms with Crippen LogP contribution in [-0.4, -0.2) is 28.9 Å². The SMILES string of the molecule is CCCOc1ccc(-c2cc(C(=O)NN=Cc3ccc(Br)cc3)[nH]n2)cc1. The zero-order chi connectivity index (χ0) is 19.1. The maximum Gasteiger partial charge on any atom is 0.289 e. The van der Waals surface area contributed by atoms with E-state index in [0.717, 1.165) is 27.8 Å². The van der Waals surface area contributed by atoms with E-state index in [1.165, 1.54) is 0 Å². The summed E-state index contributed by atoms with van der Waals surface area (Å²) >= 11 is 3.37. The number of hydrazone groups is 1. The second-order valence-electron chi connectivity index (χ2n) is 5.79. The van der Waals surface area contributed by atoms with Gasteiger partial charge in [0.2, 0.25) is 0 Å². The highest BCUT2D eigenvalue weighted by Crippen LogP contribution is 2.21. The fourth-order valence-electron chi connectivity index (χ4n) is 2.30. The molecule has 2 aromatic carbocycles. The number of carbonyl (C=O) groups is 1. The van der Waals surface area contributed by atoms with Crippen molar-refractivity contribution in [3.05, 3.63) is 70.3 Å². The van der Waals surface area contributed by atoms with Crippen molar-refractivity contribution in [1.82, 2.24) is 15.6 Å². The first-order valence-electron chi connectivity index (χ1n) is 8.53. The molecule has 0 bridgehead atoms. The minimum absolute atomic E-state index is 0.337. The van der Waals surface area contributed by atoms with Gasteiger partial charge in [-0.25, -0.2) is 5.43 Å². The molecule has 6 nitrogen and oxygen atoms in total. The molecule has 0 aliphatic rings. The van der Waals surface area contributed by atoms with Crippen molar-refractivity contribution in [2.24, 2.45) is 5.10 Å². The van der Waals surface area contributed by atoms with E-state index in [-0.39, 0.29) is 5.91 Å². The lowest BCUT2D eigenvalue weighted by molar-refractivity contribution is 0.0950. The van der Waals surface area contributed by atoms with Crippen LogP contribution in [-0.2, 0) is 0 Å². The number of halogens is 1. The zero-order valence-electron chi connectivity index (χ0n) is 14.8. The van der Waals surface area contributed by atoms with Crippen LogP contribution in [0.4, 0.5) is 0 Å². The zero-order valence-corrected chi connectivity index (χ0v) is 16.4. The Balaban J connectivity index is 1.61. The van der Waals surface area contributed by atoms with Gasteiger partial charge in [-0.1, -0.05) is 35.0 Å². The average Bonchev–Trinajstić information content (AvgIpc) is 3.18. The number of ether oxygens (including phenoxy) is 1. The minimum Gasteiger partial charge on any atom is -0.494 e. The summed E-state index contributed by atoms with van der Waals surface area (Å²) in [5, 5.41) is 10.9. The number of nitrogens with one attached hydrogen (secondary N) is 2. The largest absolute Gasteiger partial charge is 0.494 e. The summed E-state index contributed by atoms with van der Waals surface area (Å²) < 4.78 is 6.55. The lowest BCUT2D eigenvalue weighted by atomic mass is 10.1. The number of H-pyrrole nitrogens is 1. The maximum absolute atomic E-state index is 12.2. The van der Waals surface area contributed by atoms with Crippen molar-refractivity contribution in [1.29, 1.82) is 0 Å². The number of benzene rings is 2. The topological polar surface area (TPSA) is 79.4 Å². The average molecular weight is 427 g/mol. The smallest absolute Gasteiger partial charge is 0.289 e. The molecule has 138 valence electrons. The van der Waals surface area contributed by atoms with Crippen LogP contribution in [0, 0.1) is 0 Å². The molecule has 0 spiro atoms. The number of aromatic nitrogens is 2. The number of hydrogen-bond acceptors (Lipinski definition) is 4. The van der Waals surface area contributed by atoms with E-state index >= 15 is 0 Å². The summed E-state index contributed by atoms with van der Waals surface area (Å²) in [4.78, 5) is 12.2. The Hall–Kier alpha value is -2.93. The van der Waals surface area contributed by atoms with Crippen molar-refractivity contribution < 1.29 is 9.53 Å². The third-order valence-corrected chi connectivity index (χ3v) is 4.22. The van der Waals surface area contributed by atoms with Crippen molar-refractivity contribution in [3.63, 3.8) is 0 Å². The van der Waals surface area contributed by atoms with Gasteiger partial charge in [0.05, 0.1) is 18.5 Å². The lowest BCUT2D eigenvalue weighted by Crippen LogP contribution is -2.17. The van der Waals surface area contributed by atoms with E-state index in [1.54, 1.807) is 12.3 Å². The first-order chi connectivity index (χ1) is 13.2. The fraction of sp³-hybridized carbons (Fsp3) is 0.150. The standard InChI is InChI=1S/C20H19BrN4O2/c1-2-11-27-17-9-5-15(6-10-17)18-12-19(24-23-18)20(26)25-22-13-14-3-7-16(21)8-4-14/h3-10,12-13H,2,11H2,1H3,(H,23,24)(H,25,26). The molecular formula is C20H19BrN4O2. The molecule has 7 heteroatoms. The van der Waals surface area contributed by atoms with Crippen molar-refractivity contribution in [2.45, 2.75) is 13.3 Å². The van der Waals surface area contributed by atoms with Gasteiger partial charge in [0.25, 0.3) is 5.91 Å². The van der Waals surface area contributed by atoms with Gasteiger partial charge in [-0.05, 0) is 54.4 Å². The minimum atomic E-state index is -0.356. The molecule has 0 radical (unpaired) electrons. The highest BCUT2D eigenvalue weighted by Gasteiger charge is 2.10. The molecule has 0 aliphatic heterocycles. The van der Waals surface area contributed by atoms with E-state index < -0.39 is 0 Å². The van der Waals surface area contributed by atoms with Crippen LogP contribution in [0.5, 0.6) is 5.75 Å². The molecule has 0 aliphatic carbocycles. The van der Waals surface area contributed by atoms with Crippen LogP contribution in [0.1, 0.15) is 29.4 Å². The second-order valence-corrected chi connectivity index (χ2v) is 6.71. The summed E-state index contributed by atoms with van der Waals surface area (Å²) in [7, 11) is 0. The molecular weight excluding hydrogens is 408 g/mol. The molecule has 0 saturated heterocycles. The Morgan fingerprint density at radius 1 is 1.22 bits per heavy atom. The molecule has 1 amide bonds. The van der Waals surface area contributed by atoms with Gasteiger partial charge in [0.15, 0.2) is 0 Å². The van der Waals surface area contributed by atoms with Gasteiger partial charge in [-0.3, -0.25) is 9.89 Å². The Labute approximate surface area is 165 Å². The van der Waals surface area contributed by atoms with E-state index in [0.29, 0.717) is 18.0 Å². The van der Waals surface area contributed by atoms with E-state index in [2.05, 4.69) is 43.6 Å². The normalized spacial score (nSPS) is 10.9. The van der Waals surface area contributed by atoms with Crippen molar-refractivity contribution in [2.75, 3.05) is 6.61 Å².